The van der Waals surface area contributed by atoms with Gasteiger partial charge in [0.1, 0.15) is 17.3 Å². The normalized spacial score (nSPS) is 14.3. The van der Waals surface area contributed by atoms with Crippen molar-refractivity contribution in [3.63, 3.8) is 0 Å². The molecule has 2 aromatic rings. The summed E-state index contributed by atoms with van der Waals surface area (Å²) in [6.45, 7) is 0. The van der Waals surface area contributed by atoms with Crippen molar-refractivity contribution in [3.05, 3.63) is 29.6 Å². The second-order valence-corrected chi connectivity index (χ2v) is 5.69. The summed E-state index contributed by atoms with van der Waals surface area (Å²) in [5.74, 6) is 4.06. The Bertz CT molecular complexity index is 596. The molecule has 1 heterocycles. The fourth-order valence-electron chi connectivity index (χ4n) is 2.00. The predicted molar refractivity (Wildman–Crippen MR) is 77.5 cm³/mol. The number of hydrogen-bond donors (Lipinski definition) is 1. The summed E-state index contributed by atoms with van der Waals surface area (Å²) in [6, 6.07) is 5.80. The topological polar surface area (TPSA) is 60.0 Å². The number of thioether (sulfide) groups is 1. The fraction of sp³-hybridized carbons (Fsp3) is 0.429. The van der Waals surface area contributed by atoms with Gasteiger partial charge in [-0.2, -0.15) is 0 Å². The molecular weight excluding hydrogens is 274 g/mol. The highest BCUT2D eigenvalue weighted by molar-refractivity contribution is 7.98. The van der Waals surface area contributed by atoms with E-state index in [0.29, 0.717) is 5.92 Å². The van der Waals surface area contributed by atoms with E-state index in [4.69, 9.17) is 9.47 Å². The third-order valence-electron chi connectivity index (χ3n) is 3.29. The van der Waals surface area contributed by atoms with Crippen molar-refractivity contribution >= 4 is 11.8 Å². The predicted octanol–water partition coefficient (Wildman–Crippen LogP) is 2.99. The van der Waals surface area contributed by atoms with E-state index in [-0.39, 0.29) is 0 Å². The van der Waals surface area contributed by atoms with Gasteiger partial charge >= 0.3 is 0 Å². The van der Waals surface area contributed by atoms with Gasteiger partial charge in [-0.15, -0.1) is 5.10 Å². The summed E-state index contributed by atoms with van der Waals surface area (Å²) in [7, 11) is 3.34. The van der Waals surface area contributed by atoms with E-state index in [2.05, 4.69) is 15.2 Å². The minimum Gasteiger partial charge on any atom is -0.497 e. The molecule has 0 saturated heterocycles. The van der Waals surface area contributed by atoms with Crippen molar-refractivity contribution in [2.24, 2.45) is 0 Å². The van der Waals surface area contributed by atoms with Gasteiger partial charge in [-0.05, 0) is 31.0 Å². The highest BCUT2D eigenvalue weighted by Gasteiger charge is 2.27. The molecule has 5 nitrogen and oxygen atoms in total. The van der Waals surface area contributed by atoms with Crippen LogP contribution in [0.25, 0.3) is 0 Å². The molecule has 1 aliphatic rings. The molecular formula is C14H17N3O2S. The third-order valence-corrected chi connectivity index (χ3v) is 4.19. The summed E-state index contributed by atoms with van der Waals surface area (Å²) in [5.41, 5.74) is 1.08. The average molecular weight is 291 g/mol. The minimum atomic E-state index is 0.600. The monoisotopic (exact) mass is 291 g/mol. The zero-order valence-electron chi connectivity index (χ0n) is 11.5. The first-order valence-corrected chi connectivity index (χ1v) is 7.54. The number of aromatic nitrogens is 3. The van der Waals surface area contributed by atoms with E-state index in [1.54, 1.807) is 26.0 Å². The molecule has 0 radical (unpaired) electrons. The summed E-state index contributed by atoms with van der Waals surface area (Å²) < 4.78 is 10.6. The highest BCUT2D eigenvalue weighted by atomic mass is 32.2. The van der Waals surface area contributed by atoms with Crippen LogP contribution in [0, 0.1) is 0 Å². The Balaban J connectivity index is 1.69. The number of methoxy groups -OCH3 is 2. The Morgan fingerprint density at radius 1 is 1.30 bits per heavy atom. The second-order valence-electron chi connectivity index (χ2n) is 4.74. The van der Waals surface area contributed by atoms with Crippen LogP contribution in [0.5, 0.6) is 11.5 Å². The lowest BCUT2D eigenvalue weighted by atomic mass is 10.2. The van der Waals surface area contributed by atoms with Crippen LogP contribution in [0.15, 0.2) is 23.4 Å². The van der Waals surface area contributed by atoms with E-state index < -0.39 is 0 Å². The van der Waals surface area contributed by atoms with Gasteiger partial charge in [-0.25, -0.2) is 4.98 Å². The Hall–Kier alpha value is -1.69. The van der Waals surface area contributed by atoms with Gasteiger partial charge in [0.2, 0.25) is 5.16 Å². The van der Waals surface area contributed by atoms with E-state index in [1.165, 1.54) is 12.8 Å². The summed E-state index contributed by atoms with van der Waals surface area (Å²) in [5, 5.41) is 8.05. The molecule has 1 fully saturated rings. The number of benzene rings is 1. The highest BCUT2D eigenvalue weighted by Crippen LogP contribution is 2.38. The zero-order valence-corrected chi connectivity index (χ0v) is 12.4. The van der Waals surface area contributed by atoms with Crippen LogP contribution in [-0.2, 0) is 5.75 Å². The first kappa shape index (κ1) is 13.3. The van der Waals surface area contributed by atoms with Gasteiger partial charge in [-0.3, -0.25) is 5.10 Å². The van der Waals surface area contributed by atoms with Crippen LogP contribution in [0.3, 0.4) is 0 Å². The van der Waals surface area contributed by atoms with Crippen molar-refractivity contribution < 1.29 is 9.47 Å². The molecule has 1 aliphatic carbocycles. The Labute approximate surface area is 122 Å². The summed E-state index contributed by atoms with van der Waals surface area (Å²) >= 11 is 1.60. The van der Waals surface area contributed by atoms with Crippen LogP contribution in [0.1, 0.15) is 30.1 Å². The largest absolute Gasteiger partial charge is 0.497 e. The molecule has 0 unspecified atom stereocenters. The van der Waals surface area contributed by atoms with E-state index >= 15 is 0 Å². The molecule has 0 spiro atoms. The molecule has 1 N–H and O–H groups in total. The molecule has 0 bridgehead atoms. The van der Waals surface area contributed by atoms with Gasteiger partial charge in [0, 0.05) is 17.2 Å². The molecule has 0 amide bonds. The van der Waals surface area contributed by atoms with Crippen molar-refractivity contribution in [1.82, 2.24) is 15.2 Å². The first-order chi connectivity index (χ1) is 9.80. The number of H-pyrrole nitrogens is 1. The van der Waals surface area contributed by atoms with Gasteiger partial charge in [-0.1, -0.05) is 11.8 Å². The van der Waals surface area contributed by atoms with E-state index in [9.17, 15) is 0 Å². The number of hydrogen-bond acceptors (Lipinski definition) is 5. The third kappa shape index (κ3) is 2.90. The minimum absolute atomic E-state index is 0.600. The van der Waals surface area contributed by atoms with E-state index in [1.807, 2.05) is 18.2 Å². The number of nitrogens with zero attached hydrogens (tertiary/aromatic N) is 2. The maximum atomic E-state index is 5.37. The quantitative estimate of drug-likeness (QED) is 0.829. The number of rotatable bonds is 6. The fourth-order valence-corrected chi connectivity index (χ4v) is 2.78. The maximum absolute atomic E-state index is 5.37. The van der Waals surface area contributed by atoms with Gasteiger partial charge in [0.25, 0.3) is 0 Å². The smallest absolute Gasteiger partial charge is 0.208 e. The van der Waals surface area contributed by atoms with Crippen molar-refractivity contribution in [3.8, 4) is 11.5 Å². The number of nitrogens with one attached hydrogen (secondary N) is 1. The molecule has 0 atom stereocenters. The Morgan fingerprint density at radius 3 is 2.85 bits per heavy atom. The SMILES string of the molecule is COc1ccc(OC)c(CSc2n[nH]c(C3CC3)n2)c1. The molecule has 1 aromatic carbocycles. The number of aromatic amines is 1. The lowest BCUT2D eigenvalue weighted by Crippen LogP contribution is -1.92. The first-order valence-electron chi connectivity index (χ1n) is 6.56. The van der Waals surface area contributed by atoms with Gasteiger partial charge in [0.05, 0.1) is 14.2 Å². The molecule has 0 aliphatic heterocycles. The van der Waals surface area contributed by atoms with Crippen LogP contribution >= 0.6 is 11.8 Å². The molecule has 3 rings (SSSR count). The molecule has 106 valence electrons. The van der Waals surface area contributed by atoms with Crippen LogP contribution < -0.4 is 9.47 Å². The van der Waals surface area contributed by atoms with Gasteiger partial charge < -0.3 is 9.47 Å². The van der Waals surface area contributed by atoms with Crippen LogP contribution in [0.2, 0.25) is 0 Å². The zero-order chi connectivity index (χ0) is 13.9. The summed E-state index contributed by atoms with van der Waals surface area (Å²) in [6.07, 6.45) is 2.45. The number of ether oxygens (including phenoxy) is 2. The van der Waals surface area contributed by atoms with Crippen molar-refractivity contribution in [2.75, 3.05) is 14.2 Å². The average Bonchev–Trinajstić information content (AvgIpc) is 3.24. The molecule has 6 heteroatoms. The second kappa shape index (κ2) is 5.75. The standard InChI is InChI=1S/C14H17N3O2S/c1-18-11-5-6-12(19-2)10(7-11)8-20-14-15-13(16-17-14)9-3-4-9/h5-7,9H,3-4,8H2,1-2H3,(H,15,16,17). The summed E-state index contributed by atoms with van der Waals surface area (Å²) in [4.78, 5) is 4.51. The lowest BCUT2D eigenvalue weighted by Gasteiger charge is -2.09. The van der Waals surface area contributed by atoms with Crippen LogP contribution in [0.4, 0.5) is 0 Å². The molecule has 20 heavy (non-hydrogen) atoms. The molecule has 1 saturated carbocycles. The van der Waals surface area contributed by atoms with E-state index in [0.717, 1.165) is 33.8 Å². The van der Waals surface area contributed by atoms with Crippen LogP contribution in [-0.4, -0.2) is 29.4 Å². The Morgan fingerprint density at radius 2 is 2.15 bits per heavy atom. The van der Waals surface area contributed by atoms with Gasteiger partial charge in [0.15, 0.2) is 0 Å². The lowest BCUT2D eigenvalue weighted by molar-refractivity contribution is 0.400. The molecule has 1 aromatic heterocycles. The van der Waals surface area contributed by atoms with Crippen molar-refractivity contribution in [2.45, 2.75) is 29.7 Å². The Kier molecular flexibility index (Phi) is 3.82. The maximum Gasteiger partial charge on any atom is 0.208 e. The van der Waals surface area contributed by atoms with Crippen molar-refractivity contribution in [1.29, 1.82) is 0 Å².